The van der Waals surface area contributed by atoms with Crippen molar-refractivity contribution in [3.05, 3.63) is 117 Å². The molecule has 0 saturated carbocycles. The summed E-state index contributed by atoms with van der Waals surface area (Å²) in [5, 5.41) is 0. The number of rotatable bonds is 8. The summed E-state index contributed by atoms with van der Waals surface area (Å²) in [7, 11) is 1.61. The van der Waals surface area contributed by atoms with Crippen molar-refractivity contribution >= 4 is 67.6 Å². The van der Waals surface area contributed by atoms with Crippen molar-refractivity contribution in [1.29, 1.82) is 0 Å². The zero-order valence-corrected chi connectivity index (χ0v) is 27.1. The monoisotopic (exact) mass is 744 g/mol. The molecule has 0 spiro atoms. The van der Waals surface area contributed by atoms with Crippen LogP contribution >= 0.6 is 49.9 Å². The van der Waals surface area contributed by atoms with Crippen LogP contribution in [0.5, 0.6) is 11.5 Å². The third-order valence-electron chi connectivity index (χ3n) is 6.41. The van der Waals surface area contributed by atoms with Gasteiger partial charge in [0, 0.05) is 15.6 Å². The predicted octanol–water partition coefficient (Wildman–Crippen LogP) is 5.71. The molecule has 0 unspecified atom stereocenters. The van der Waals surface area contributed by atoms with E-state index in [1.807, 2.05) is 73.7 Å². The summed E-state index contributed by atoms with van der Waals surface area (Å²) >= 11 is 7.02. The fourth-order valence-electron chi connectivity index (χ4n) is 4.71. The van der Waals surface area contributed by atoms with E-state index >= 15 is 0 Å². The smallest absolute Gasteiger partial charge is 0.338 e. The van der Waals surface area contributed by atoms with Gasteiger partial charge in [0.15, 0.2) is 4.80 Å². The van der Waals surface area contributed by atoms with Crippen molar-refractivity contribution in [3.8, 4) is 11.5 Å². The van der Waals surface area contributed by atoms with Gasteiger partial charge in [-0.15, -0.1) is 0 Å². The van der Waals surface area contributed by atoms with Gasteiger partial charge >= 0.3 is 5.97 Å². The van der Waals surface area contributed by atoms with E-state index < -0.39 is 12.0 Å². The number of aromatic nitrogens is 1. The number of benzene rings is 3. The average molecular weight is 745 g/mol. The van der Waals surface area contributed by atoms with Crippen molar-refractivity contribution in [1.82, 2.24) is 4.57 Å². The third-order valence-corrected chi connectivity index (χ3v) is 8.65. The molecule has 41 heavy (non-hydrogen) atoms. The summed E-state index contributed by atoms with van der Waals surface area (Å²) in [6, 6.07) is 20.0. The molecule has 7 nitrogen and oxygen atoms in total. The molecular weight excluding hydrogens is 719 g/mol. The largest absolute Gasteiger partial charge is 0.495 e. The molecular formula is C31H26BrIN2O5S. The Morgan fingerprint density at radius 1 is 1.10 bits per heavy atom. The van der Waals surface area contributed by atoms with Crippen LogP contribution in [0.4, 0.5) is 0 Å². The Hall–Kier alpha value is -3.22. The van der Waals surface area contributed by atoms with Gasteiger partial charge in [0.25, 0.3) is 5.56 Å². The van der Waals surface area contributed by atoms with E-state index in [2.05, 4.69) is 38.5 Å². The zero-order chi connectivity index (χ0) is 29.1. The Balaban J connectivity index is 1.82. The van der Waals surface area contributed by atoms with Crippen LogP contribution in [0.3, 0.4) is 0 Å². The Labute approximate surface area is 263 Å². The molecule has 0 fully saturated rings. The first kappa shape index (κ1) is 29.3. The number of fused-ring (bicyclic) bond motifs is 1. The van der Waals surface area contributed by atoms with Gasteiger partial charge in [0.2, 0.25) is 0 Å². The van der Waals surface area contributed by atoms with Gasteiger partial charge in [-0.1, -0.05) is 69.7 Å². The number of thiazole rings is 1. The van der Waals surface area contributed by atoms with Gasteiger partial charge in [-0.2, -0.15) is 0 Å². The molecule has 2 heterocycles. The molecule has 0 bridgehead atoms. The summed E-state index contributed by atoms with van der Waals surface area (Å²) < 4.78 is 20.6. The molecule has 0 radical (unpaired) electrons. The number of carbonyl (C=O) groups is 1. The molecule has 0 aliphatic carbocycles. The van der Waals surface area contributed by atoms with Crippen LogP contribution < -0.4 is 24.4 Å². The van der Waals surface area contributed by atoms with Crippen LogP contribution in [0.2, 0.25) is 0 Å². The standard InChI is InChI=1S/C31H26BrIN2O5S/c1-4-39-22-13-11-19(12-14-22)27-25(30(37)40-5-2)26(18-9-7-6-8-10-18)34-31-35(27)29(36)24(41-31)16-20-15-21(32)17-23(33)28(20)38-3/h6-17,27H,4-5H2,1-3H3/b24-16-/t27-/m1/s1. The minimum atomic E-state index is -0.761. The second kappa shape index (κ2) is 12.7. The average Bonchev–Trinajstić information content (AvgIpc) is 3.27. The van der Waals surface area contributed by atoms with Crippen LogP contribution in [0.1, 0.15) is 36.6 Å². The lowest BCUT2D eigenvalue weighted by Crippen LogP contribution is -2.40. The van der Waals surface area contributed by atoms with E-state index in [-0.39, 0.29) is 12.2 Å². The summed E-state index contributed by atoms with van der Waals surface area (Å²) in [5.74, 6) is 0.844. The second-order valence-electron chi connectivity index (χ2n) is 8.94. The van der Waals surface area contributed by atoms with E-state index in [1.165, 1.54) is 11.3 Å². The SMILES string of the molecule is CCOC(=O)C1=C(c2ccccc2)N=c2s/c(=C\c3cc(Br)cc(I)c3OC)c(=O)n2[C@@H]1c1ccc(OCC)cc1. The normalized spacial score (nSPS) is 14.9. The van der Waals surface area contributed by atoms with Gasteiger partial charge < -0.3 is 14.2 Å². The summed E-state index contributed by atoms with van der Waals surface area (Å²) in [6.07, 6.45) is 1.81. The predicted molar refractivity (Wildman–Crippen MR) is 172 cm³/mol. The summed E-state index contributed by atoms with van der Waals surface area (Å²) in [4.78, 5) is 33.1. The first-order chi connectivity index (χ1) is 19.9. The Kier molecular flexibility index (Phi) is 9.10. The molecule has 5 rings (SSSR count). The molecule has 10 heteroatoms. The third kappa shape index (κ3) is 5.91. The van der Waals surface area contributed by atoms with Crippen molar-refractivity contribution in [3.63, 3.8) is 0 Å². The minimum Gasteiger partial charge on any atom is -0.495 e. The molecule has 1 aliphatic heterocycles. The van der Waals surface area contributed by atoms with Gasteiger partial charge in [-0.25, -0.2) is 9.79 Å². The first-order valence-corrected chi connectivity index (χ1v) is 15.6. The maximum atomic E-state index is 14.1. The van der Waals surface area contributed by atoms with Crippen LogP contribution in [0.15, 0.2) is 86.6 Å². The number of hydrogen-bond acceptors (Lipinski definition) is 7. The lowest BCUT2D eigenvalue weighted by molar-refractivity contribution is -0.138. The van der Waals surface area contributed by atoms with E-state index in [9.17, 15) is 9.59 Å². The number of ether oxygens (including phenoxy) is 3. The van der Waals surface area contributed by atoms with Crippen molar-refractivity contribution in [2.45, 2.75) is 19.9 Å². The molecule has 0 amide bonds. The highest BCUT2D eigenvalue weighted by Gasteiger charge is 2.35. The van der Waals surface area contributed by atoms with Gasteiger partial charge in [0.1, 0.15) is 11.5 Å². The highest BCUT2D eigenvalue weighted by atomic mass is 127. The molecule has 1 aliphatic rings. The number of carbonyl (C=O) groups excluding carboxylic acids is 1. The second-order valence-corrected chi connectivity index (χ2v) is 12.0. The van der Waals surface area contributed by atoms with E-state index in [4.69, 9.17) is 19.2 Å². The number of nitrogens with zero attached hydrogens (tertiary/aromatic N) is 2. The fraction of sp³-hybridized carbons (Fsp3) is 0.194. The molecule has 0 saturated heterocycles. The number of esters is 1. The van der Waals surface area contributed by atoms with Crippen molar-refractivity contribution in [2.24, 2.45) is 4.99 Å². The highest BCUT2D eigenvalue weighted by Crippen LogP contribution is 2.36. The number of halogens is 2. The molecule has 4 aromatic rings. The summed E-state index contributed by atoms with van der Waals surface area (Å²) in [5.41, 5.74) is 2.76. The lowest BCUT2D eigenvalue weighted by atomic mass is 9.93. The van der Waals surface area contributed by atoms with Crippen LogP contribution in [0.25, 0.3) is 11.8 Å². The first-order valence-electron chi connectivity index (χ1n) is 12.9. The maximum absolute atomic E-state index is 14.1. The quantitative estimate of drug-likeness (QED) is 0.171. The van der Waals surface area contributed by atoms with Gasteiger partial charge in [-0.05, 0) is 72.3 Å². The van der Waals surface area contributed by atoms with Crippen LogP contribution in [-0.2, 0) is 9.53 Å². The lowest BCUT2D eigenvalue weighted by Gasteiger charge is -2.26. The Morgan fingerprint density at radius 2 is 1.83 bits per heavy atom. The maximum Gasteiger partial charge on any atom is 0.338 e. The highest BCUT2D eigenvalue weighted by molar-refractivity contribution is 14.1. The number of methoxy groups -OCH3 is 1. The van der Waals surface area contributed by atoms with Crippen LogP contribution in [0, 0.1) is 3.57 Å². The molecule has 3 aromatic carbocycles. The Morgan fingerprint density at radius 3 is 2.49 bits per heavy atom. The number of hydrogen-bond donors (Lipinski definition) is 0. The molecule has 1 aromatic heterocycles. The van der Waals surface area contributed by atoms with Crippen molar-refractivity contribution in [2.75, 3.05) is 20.3 Å². The van der Waals surface area contributed by atoms with E-state index in [0.29, 0.717) is 38.7 Å². The molecule has 1 atom stereocenters. The Bertz CT molecular complexity index is 1810. The fourth-order valence-corrected chi connectivity index (χ4v) is 7.48. The zero-order valence-electron chi connectivity index (χ0n) is 22.5. The van der Waals surface area contributed by atoms with E-state index in [0.717, 1.165) is 24.7 Å². The molecule has 210 valence electrons. The topological polar surface area (TPSA) is 79.1 Å². The minimum absolute atomic E-state index is 0.187. The van der Waals surface area contributed by atoms with Gasteiger partial charge in [0.05, 0.1) is 45.7 Å². The molecule has 0 N–H and O–H groups in total. The van der Waals surface area contributed by atoms with E-state index in [1.54, 1.807) is 24.7 Å². The van der Waals surface area contributed by atoms with Crippen LogP contribution in [-0.4, -0.2) is 30.9 Å². The van der Waals surface area contributed by atoms with Gasteiger partial charge in [-0.3, -0.25) is 9.36 Å². The van der Waals surface area contributed by atoms with Crippen molar-refractivity contribution < 1.29 is 19.0 Å². The summed E-state index contributed by atoms with van der Waals surface area (Å²) in [6.45, 7) is 4.39.